The average Bonchev–Trinajstić information content (AvgIpc) is 2.40. The minimum atomic E-state index is -4.43. The molecule has 1 rings (SSSR count). The molecule has 0 unspecified atom stereocenters. The summed E-state index contributed by atoms with van der Waals surface area (Å²) < 4.78 is 39.6. The van der Waals surface area contributed by atoms with Gasteiger partial charge in [0.1, 0.15) is 0 Å². The zero-order chi connectivity index (χ0) is 16.1. The van der Waals surface area contributed by atoms with Crippen LogP contribution in [0.4, 0.5) is 13.2 Å². The SMILES string of the molecule is CCCC(CBr)(CCC)Cn1cc(C(F)(F)F)ccc1=O. The summed E-state index contributed by atoms with van der Waals surface area (Å²) in [6.07, 6.45) is 0.106. The van der Waals surface area contributed by atoms with Crippen molar-refractivity contribution in [3.05, 3.63) is 34.2 Å². The third-order valence-corrected chi connectivity index (χ3v) is 4.85. The summed E-state index contributed by atoms with van der Waals surface area (Å²) in [5, 5.41) is 0.671. The third kappa shape index (κ3) is 4.87. The lowest BCUT2D eigenvalue weighted by Gasteiger charge is -2.32. The van der Waals surface area contributed by atoms with Gasteiger partial charge in [-0.2, -0.15) is 13.2 Å². The molecular formula is C15H21BrF3NO. The maximum absolute atomic E-state index is 12.8. The normalized spacial score (nSPS) is 12.7. The van der Waals surface area contributed by atoms with Crippen molar-refractivity contribution in [2.75, 3.05) is 5.33 Å². The van der Waals surface area contributed by atoms with Gasteiger partial charge < -0.3 is 4.57 Å². The van der Waals surface area contributed by atoms with E-state index in [0.29, 0.717) is 11.9 Å². The van der Waals surface area contributed by atoms with Crippen molar-refractivity contribution in [3.8, 4) is 0 Å². The maximum Gasteiger partial charge on any atom is 0.417 e. The number of aromatic nitrogens is 1. The highest BCUT2D eigenvalue weighted by Gasteiger charge is 2.33. The van der Waals surface area contributed by atoms with Gasteiger partial charge in [-0.05, 0) is 24.3 Å². The summed E-state index contributed by atoms with van der Waals surface area (Å²) in [4.78, 5) is 11.9. The largest absolute Gasteiger partial charge is 0.417 e. The minimum Gasteiger partial charge on any atom is -0.314 e. The fraction of sp³-hybridized carbons (Fsp3) is 0.667. The molecule has 0 aliphatic carbocycles. The van der Waals surface area contributed by atoms with Gasteiger partial charge in [0.2, 0.25) is 0 Å². The molecule has 0 N–H and O–H groups in total. The highest BCUT2D eigenvalue weighted by atomic mass is 79.9. The van der Waals surface area contributed by atoms with E-state index in [0.717, 1.165) is 44.0 Å². The lowest BCUT2D eigenvalue weighted by molar-refractivity contribution is -0.138. The first-order valence-electron chi connectivity index (χ1n) is 7.11. The van der Waals surface area contributed by atoms with Crippen LogP contribution >= 0.6 is 15.9 Å². The van der Waals surface area contributed by atoms with Gasteiger partial charge in [0, 0.05) is 24.1 Å². The van der Waals surface area contributed by atoms with Crippen LogP contribution in [-0.2, 0) is 12.7 Å². The zero-order valence-electron chi connectivity index (χ0n) is 12.3. The second kappa shape index (κ2) is 7.47. The summed E-state index contributed by atoms with van der Waals surface area (Å²) in [7, 11) is 0. The standard InChI is InChI=1S/C15H21BrF3NO/c1-3-7-14(10-16,8-4-2)11-20-9-12(15(17,18)19)5-6-13(20)21/h5-6,9H,3-4,7-8,10-11H2,1-2H3. The van der Waals surface area contributed by atoms with E-state index in [4.69, 9.17) is 0 Å². The molecule has 0 aliphatic heterocycles. The van der Waals surface area contributed by atoms with Crippen LogP contribution < -0.4 is 5.56 Å². The summed E-state index contributed by atoms with van der Waals surface area (Å²) in [6, 6.07) is 1.84. The Morgan fingerprint density at radius 1 is 1.14 bits per heavy atom. The Labute approximate surface area is 131 Å². The number of halogens is 4. The van der Waals surface area contributed by atoms with Crippen molar-refractivity contribution in [2.24, 2.45) is 5.41 Å². The Kier molecular flexibility index (Phi) is 6.50. The topological polar surface area (TPSA) is 22.0 Å². The Morgan fingerprint density at radius 3 is 2.14 bits per heavy atom. The van der Waals surface area contributed by atoms with E-state index in [2.05, 4.69) is 15.9 Å². The van der Waals surface area contributed by atoms with Crippen LogP contribution in [0.15, 0.2) is 23.1 Å². The molecule has 2 nitrogen and oxygen atoms in total. The molecule has 6 heteroatoms. The molecule has 0 bridgehead atoms. The predicted octanol–water partition coefficient (Wildman–Crippen LogP) is 4.85. The van der Waals surface area contributed by atoms with Crippen LogP contribution in [0.3, 0.4) is 0 Å². The molecule has 1 aromatic heterocycles. The van der Waals surface area contributed by atoms with Crippen molar-refractivity contribution in [2.45, 2.75) is 52.3 Å². The fourth-order valence-corrected chi connectivity index (χ4v) is 3.44. The quantitative estimate of drug-likeness (QED) is 0.631. The molecule has 120 valence electrons. The van der Waals surface area contributed by atoms with Crippen molar-refractivity contribution in [1.82, 2.24) is 4.57 Å². The predicted molar refractivity (Wildman–Crippen MR) is 81.7 cm³/mol. The molecule has 0 atom stereocenters. The van der Waals surface area contributed by atoms with Crippen LogP contribution in [0.5, 0.6) is 0 Å². The molecule has 1 heterocycles. The molecule has 0 saturated heterocycles. The van der Waals surface area contributed by atoms with E-state index < -0.39 is 11.7 Å². The zero-order valence-corrected chi connectivity index (χ0v) is 13.9. The monoisotopic (exact) mass is 367 g/mol. The molecule has 0 aliphatic rings. The summed E-state index contributed by atoms with van der Waals surface area (Å²) in [6.45, 7) is 4.40. The average molecular weight is 368 g/mol. The first-order valence-corrected chi connectivity index (χ1v) is 8.24. The van der Waals surface area contributed by atoms with Crippen molar-refractivity contribution in [3.63, 3.8) is 0 Å². The summed E-state index contributed by atoms with van der Waals surface area (Å²) in [5.74, 6) is 0. The molecule has 0 aromatic carbocycles. The van der Waals surface area contributed by atoms with Gasteiger partial charge >= 0.3 is 6.18 Å². The van der Waals surface area contributed by atoms with Crippen LogP contribution in [0.1, 0.15) is 45.1 Å². The fourth-order valence-electron chi connectivity index (χ4n) is 2.70. The van der Waals surface area contributed by atoms with Gasteiger partial charge in [-0.3, -0.25) is 4.79 Å². The number of nitrogens with zero attached hydrogens (tertiary/aromatic N) is 1. The van der Waals surface area contributed by atoms with Gasteiger partial charge in [-0.15, -0.1) is 0 Å². The van der Waals surface area contributed by atoms with Crippen LogP contribution in [0.25, 0.3) is 0 Å². The number of rotatable bonds is 7. The van der Waals surface area contributed by atoms with Gasteiger partial charge in [-0.25, -0.2) is 0 Å². The summed E-state index contributed by atoms with van der Waals surface area (Å²) in [5.41, 5.74) is -1.35. The number of hydrogen-bond donors (Lipinski definition) is 0. The van der Waals surface area contributed by atoms with Crippen LogP contribution in [0, 0.1) is 5.41 Å². The van der Waals surface area contributed by atoms with Gasteiger partial charge in [0.05, 0.1) is 5.56 Å². The second-order valence-corrected chi connectivity index (χ2v) is 6.08. The third-order valence-electron chi connectivity index (χ3n) is 3.66. The first kappa shape index (κ1) is 18.3. The Morgan fingerprint density at radius 2 is 1.71 bits per heavy atom. The Balaban J connectivity index is 3.16. The number of alkyl halides is 4. The van der Waals surface area contributed by atoms with E-state index in [1.54, 1.807) is 0 Å². The maximum atomic E-state index is 12.8. The van der Waals surface area contributed by atoms with E-state index >= 15 is 0 Å². The Bertz CT molecular complexity index is 504. The molecule has 21 heavy (non-hydrogen) atoms. The molecule has 0 spiro atoms. The molecule has 0 saturated carbocycles. The van der Waals surface area contributed by atoms with E-state index in [1.807, 2.05) is 13.8 Å². The summed E-state index contributed by atoms with van der Waals surface area (Å²) >= 11 is 3.48. The minimum absolute atomic E-state index is 0.183. The molecule has 0 radical (unpaired) electrons. The molecule has 1 aromatic rings. The van der Waals surface area contributed by atoms with Gasteiger partial charge in [0.15, 0.2) is 0 Å². The number of hydrogen-bond acceptors (Lipinski definition) is 1. The highest BCUT2D eigenvalue weighted by Crippen LogP contribution is 2.34. The second-order valence-electron chi connectivity index (χ2n) is 5.52. The number of pyridine rings is 1. The lowest BCUT2D eigenvalue weighted by Crippen LogP contribution is -2.34. The Hall–Kier alpha value is -0.780. The van der Waals surface area contributed by atoms with Crippen LogP contribution in [0.2, 0.25) is 0 Å². The smallest absolute Gasteiger partial charge is 0.314 e. The van der Waals surface area contributed by atoms with Gasteiger partial charge in [-0.1, -0.05) is 42.6 Å². The molecule has 0 fully saturated rings. The van der Waals surface area contributed by atoms with Crippen LogP contribution in [-0.4, -0.2) is 9.90 Å². The molecular weight excluding hydrogens is 347 g/mol. The van der Waals surface area contributed by atoms with Gasteiger partial charge in [0.25, 0.3) is 5.56 Å². The van der Waals surface area contributed by atoms with E-state index in [-0.39, 0.29) is 11.0 Å². The van der Waals surface area contributed by atoms with E-state index in [9.17, 15) is 18.0 Å². The highest BCUT2D eigenvalue weighted by molar-refractivity contribution is 9.09. The molecule has 0 amide bonds. The van der Waals surface area contributed by atoms with Crippen molar-refractivity contribution >= 4 is 15.9 Å². The first-order chi connectivity index (χ1) is 9.78. The lowest BCUT2D eigenvalue weighted by atomic mass is 9.81. The van der Waals surface area contributed by atoms with E-state index in [1.165, 1.54) is 4.57 Å². The van der Waals surface area contributed by atoms with Crippen molar-refractivity contribution < 1.29 is 13.2 Å². The van der Waals surface area contributed by atoms with Crippen molar-refractivity contribution in [1.29, 1.82) is 0 Å².